The molecule has 6 heteroatoms. The number of methoxy groups -OCH3 is 1. The molecule has 0 aliphatic heterocycles. The number of benzene rings is 1. The van der Waals surface area contributed by atoms with Gasteiger partial charge in [-0.15, -0.1) is 0 Å². The van der Waals surface area contributed by atoms with E-state index in [1.165, 1.54) is 6.39 Å². The predicted molar refractivity (Wildman–Crippen MR) is 85.1 cm³/mol. The van der Waals surface area contributed by atoms with Crippen LogP contribution >= 0.6 is 0 Å². The molecule has 0 bridgehead atoms. The van der Waals surface area contributed by atoms with Crippen molar-refractivity contribution >= 4 is 11.6 Å². The van der Waals surface area contributed by atoms with Gasteiger partial charge in [0.25, 0.3) is 0 Å². The van der Waals surface area contributed by atoms with E-state index in [1.807, 2.05) is 18.2 Å². The molecule has 2 heterocycles. The number of hydrogen-bond donors (Lipinski definition) is 1. The van der Waals surface area contributed by atoms with Crippen LogP contribution in [0.1, 0.15) is 5.56 Å². The average Bonchev–Trinajstić information content (AvgIpc) is 3.10. The quantitative estimate of drug-likeness (QED) is 0.784. The molecule has 1 amide bonds. The number of anilines is 1. The number of pyridine rings is 1. The monoisotopic (exact) mass is 309 g/mol. The third-order valence-corrected chi connectivity index (χ3v) is 3.30. The van der Waals surface area contributed by atoms with E-state index in [2.05, 4.69) is 15.3 Å². The molecule has 1 N–H and O–H groups in total. The summed E-state index contributed by atoms with van der Waals surface area (Å²) >= 11 is 0. The Labute approximate surface area is 133 Å². The van der Waals surface area contributed by atoms with Gasteiger partial charge in [-0.05, 0) is 29.8 Å². The Balaban J connectivity index is 1.75. The second kappa shape index (κ2) is 6.74. The van der Waals surface area contributed by atoms with Gasteiger partial charge in [-0.25, -0.2) is 4.98 Å². The second-order valence-corrected chi connectivity index (χ2v) is 4.86. The normalized spacial score (nSPS) is 10.3. The fraction of sp³-hybridized carbons (Fsp3) is 0.118. The first-order valence-electron chi connectivity index (χ1n) is 7.02. The molecular weight excluding hydrogens is 294 g/mol. The minimum atomic E-state index is -0.106. The van der Waals surface area contributed by atoms with Crippen molar-refractivity contribution in [2.75, 3.05) is 12.4 Å². The molecule has 0 fully saturated rings. The standard InChI is InChI=1S/C17H15N3O3/c1-22-15-9-13(2-3-14(15)16-10-19-11-23-16)20-17(21)8-12-4-6-18-7-5-12/h2-7,9-11H,8H2,1H3,(H,20,21). The van der Waals surface area contributed by atoms with Crippen molar-refractivity contribution in [1.29, 1.82) is 0 Å². The summed E-state index contributed by atoms with van der Waals surface area (Å²) in [6.45, 7) is 0. The predicted octanol–water partition coefficient (Wildman–Crippen LogP) is 2.93. The SMILES string of the molecule is COc1cc(NC(=O)Cc2ccncc2)ccc1-c1cnco1. The molecule has 0 saturated carbocycles. The lowest BCUT2D eigenvalue weighted by Gasteiger charge is -2.10. The largest absolute Gasteiger partial charge is 0.496 e. The zero-order valence-corrected chi connectivity index (χ0v) is 12.5. The van der Waals surface area contributed by atoms with Gasteiger partial charge in [-0.3, -0.25) is 9.78 Å². The van der Waals surface area contributed by atoms with Crippen molar-refractivity contribution in [1.82, 2.24) is 9.97 Å². The van der Waals surface area contributed by atoms with Crippen LogP contribution in [0.4, 0.5) is 5.69 Å². The molecule has 0 spiro atoms. The molecule has 1 aromatic carbocycles. The highest BCUT2D eigenvalue weighted by Crippen LogP contribution is 2.32. The Morgan fingerprint density at radius 1 is 1.22 bits per heavy atom. The smallest absolute Gasteiger partial charge is 0.228 e. The van der Waals surface area contributed by atoms with E-state index in [0.717, 1.165) is 11.1 Å². The van der Waals surface area contributed by atoms with Crippen LogP contribution in [0.15, 0.2) is 59.7 Å². The third kappa shape index (κ3) is 3.55. The fourth-order valence-corrected chi connectivity index (χ4v) is 2.21. The van der Waals surface area contributed by atoms with Crippen molar-refractivity contribution in [2.24, 2.45) is 0 Å². The molecule has 0 atom stereocenters. The summed E-state index contributed by atoms with van der Waals surface area (Å²) in [6.07, 6.45) is 6.59. The highest BCUT2D eigenvalue weighted by atomic mass is 16.5. The van der Waals surface area contributed by atoms with Gasteiger partial charge < -0.3 is 14.5 Å². The van der Waals surface area contributed by atoms with Crippen molar-refractivity contribution < 1.29 is 13.9 Å². The number of amides is 1. The van der Waals surface area contributed by atoms with Crippen molar-refractivity contribution in [3.05, 3.63) is 60.9 Å². The van der Waals surface area contributed by atoms with Crippen LogP contribution in [-0.2, 0) is 11.2 Å². The second-order valence-electron chi connectivity index (χ2n) is 4.86. The van der Waals surface area contributed by atoms with Crippen LogP contribution in [0.25, 0.3) is 11.3 Å². The minimum Gasteiger partial charge on any atom is -0.496 e. The molecule has 2 aromatic heterocycles. The Morgan fingerprint density at radius 3 is 2.74 bits per heavy atom. The fourth-order valence-electron chi connectivity index (χ4n) is 2.21. The minimum absolute atomic E-state index is 0.106. The van der Waals surface area contributed by atoms with E-state index >= 15 is 0 Å². The number of rotatable bonds is 5. The van der Waals surface area contributed by atoms with Gasteiger partial charge in [0, 0.05) is 24.1 Å². The van der Waals surface area contributed by atoms with Gasteiger partial charge in [-0.2, -0.15) is 0 Å². The van der Waals surface area contributed by atoms with Crippen molar-refractivity contribution in [3.63, 3.8) is 0 Å². The van der Waals surface area contributed by atoms with Crippen LogP contribution in [-0.4, -0.2) is 23.0 Å². The lowest BCUT2D eigenvalue weighted by Crippen LogP contribution is -2.14. The van der Waals surface area contributed by atoms with Gasteiger partial charge in [-0.1, -0.05) is 0 Å². The highest BCUT2D eigenvalue weighted by molar-refractivity contribution is 5.92. The van der Waals surface area contributed by atoms with Crippen LogP contribution in [0.3, 0.4) is 0 Å². The Morgan fingerprint density at radius 2 is 2.04 bits per heavy atom. The van der Waals surface area contributed by atoms with Gasteiger partial charge in [0.1, 0.15) is 5.75 Å². The van der Waals surface area contributed by atoms with Crippen LogP contribution in [0.2, 0.25) is 0 Å². The zero-order chi connectivity index (χ0) is 16.1. The van der Waals surface area contributed by atoms with E-state index in [9.17, 15) is 4.79 Å². The maximum absolute atomic E-state index is 12.1. The summed E-state index contributed by atoms with van der Waals surface area (Å²) in [7, 11) is 1.57. The molecule has 0 saturated heterocycles. The number of carbonyl (C=O) groups excluding carboxylic acids is 1. The van der Waals surface area contributed by atoms with E-state index < -0.39 is 0 Å². The van der Waals surface area contributed by atoms with E-state index in [4.69, 9.17) is 9.15 Å². The van der Waals surface area contributed by atoms with E-state index in [1.54, 1.807) is 37.8 Å². The number of hydrogen-bond acceptors (Lipinski definition) is 5. The topological polar surface area (TPSA) is 77.2 Å². The molecule has 0 radical (unpaired) electrons. The summed E-state index contributed by atoms with van der Waals surface area (Å²) < 4.78 is 10.6. The first-order chi connectivity index (χ1) is 11.3. The first kappa shape index (κ1) is 14.8. The molecule has 23 heavy (non-hydrogen) atoms. The Kier molecular flexibility index (Phi) is 4.33. The number of ether oxygens (including phenoxy) is 1. The maximum Gasteiger partial charge on any atom is 0.228 e. The molecule has 0 aliphatic rings. The summed E-state index contributed by atoms with van der Waals surface area (Å²) in [6, 6.07) is 8.99. The van der Waals surface area contributed by atoms with Crippen molar-refractivity contribution in [2.45, 2.75) is 6.42 Å². The molecule has 116 valence electrons. The van der Waals surface area contributed by atoms with Crippen LogP contribution in [0, 0.1) is 0 Å². The lowest BCUT2D eigenvalue weighted by molar-refractivity contribution is -0.115. The number of oxazole rings is 1. The molecule has 6 nitrogen and oxygen atoms in total. The van der Waals surface area contributed by atoms with Crippen molar-refractivity contribution in [3.8, 4) is 17.1 Å². The van der Waals surface area contributed by atoms with Crippen LogP contribution < -0.4 is 10.1 Å². The number of nitrogens with zero attached hydrogens (tertiary/aromatic N) is 2. The van der Waals surface area contributed by atoms with Crippen LogP contribution in [0.5, 0.6) is 5.75 Å². The zero-order valence-electron chi connectivity index (χ0n) is 12.5. The van der Waals surface area contributed by atoms with E-state index in [-0.39, 0.29) is 12.3 Å². The Hall–Kier alpha value is -3.15. The number of aromatic nitrogens is 2. The molecule has 3 rings (SSSR count). The average molecular weight is 309 g/mol. The Bertz CT molecular complexity index is 786. The molecular formula is C17H15N3O3. The molecule has 0 aliphatic carbocycles. The van der Waals surface area contributed by atoms with Gasteiger partial charge in [0.2, 0.25) is 5.91 Å². The summed E-state index contributed by atoms with van der Waals surface area (Å²) in [4.78, 5) is 19.9. The number of nitrogens with one attached hydrogen (secondary N) is 1. The van der Waals surface area contributed by atoms with Gasteiger partial charge >= 0.3 is 0 Å². The maximum atomic E-state index is 12.1. The van der Waals surface area contributed by atoms with E-state index in [0.29, 0.717) is 17.2 Å². The third-order valence-electron chi connectivity index (χ3n) is 3.30. The molecule has 3 aromatic rings. The lowest BCUT2D eigenvalue weighted by atomic mass is 10.1. The number of carbonyl (C=O) groups is 1. The van der Waals surface area contributed by atoms with Gasteiger partial charge in [0.15, 0.2) is 12.2 Å². The summed E-state index contributed by atoms with van der Waals surface area (Å²) in [5.74, 6) is 1.10. The first-order valence-corrected chi connectivity index (χ1v) is 7.02. The van der Waals surface area contributed by atoms with Gasteiger partial charge in [0.05, 0.1) is 25.3 Å². The highest BCUT2D eigenvalue weighted by Gasteiger charge is 2.11. The summed E-state index contributed by atoms with van der Waals surface area (Å²) in [5.41, 5.74) is 2.34. The summed E-state index contributed by atoms with van der Waals surface area (Å²) in [5, 5.41) is 2.85. The molecule has 0 unspecified atom stereocenters.